The number of nitrogens with two attached hydrogens (primary N) is 1. The lowest BCUT2D eigenvalue weighted by Gasteiger charge is -2.31. The Balaban J connectivity index is 1.67. The number of benzene rings is 1. The Morgan fingerprint density at radius 2 is 2.15 bits per heavy atom. The Morgan fingerprint density at radius 1 is 1.35 bits per heavy atom. The second kappa shape index (κ2) is 7.86. The van der Waals surface area contributed by atoms with Gasteiger partial charge in [-0.2, -0.15) is 4.68 Å². The maximum absolute atomic E-state index is 12.5. The summed E-state index contributed by atoms with van der Waals surface area (Å²) in [5, 5.41) is 12.4. The fourth-order valence-electron chi connectivity index (χ4n) is 3.02. The van der Waals surface area contributed by atoms with Gasteiger partial charge in [-0.15, -0.1) is 5.10 Å². The molecule has 0 spiro atoms. The molecule has 0 unspecified atom stereocenters. The molecule has 2 aromatic rings. The van der Waals surface area contributed by atoms with E-state index in [0.29, 0.717) is 18.2 Å². The van der Waals surface area contributed by atoms with Crippen molar-refractivity contribution < 1.29 is 9.59 Å². The van der Waals surface area contributed by atoms with E-state index >= 15 is 0 Å². The molecule has 0 radical (unpaired) electrons. The first-order valence-corrected chi connectivity index (χ1v) is 9.50. The maximum Gasteiger partial charge on any atom is 0.233 e. The van der Waals surface area contributed by atoms with Crippen LogP contribution in [0.5, 0.6) is 0 Å². The number of carbonyl (C=O) groups excluding carboxylic acids is 2. The summed E-state index contributed by atoms with van der Waals surface area (Å²) < 4.78 is 1.66. The number of rotatable bonds is 5. The van der Waals surface area contributed by atoms with Crippen LogP contribution in [-0.4, -0.2) is 55.8 Å². The van der Waals surface area contributed by atoms with Gasteiger partial charge in [0.2, 0.25) is 17.0 Å². The van der Waals surface area contributed by atoms with Crippen LogP contribution in [0.25, 0.3) is 5.69 Å². The van der Waals surface area contributed by atoms with Gasteiger partial charge >= 0.3 is 0 Å². The van der Waals surface area contributed by atoms with Crippen LogP contribution in [0.4, 0.5) is 0 Å². The Kier molecular flexibility index (Phi) is 5.55. The molecule has 2 heterocycles. The molecule has 1 aliphatic rings. The van der Waals surface area contributed by atoms with Crippen molar-refractivity contribution in [2.75, 3.05) is 18.8 Å². The van der Waals surface area contributed by atoms with E-state index in [2.05, 4.69) is 15.5 Å². The molecular formula is C17H22N6O2S. The molecule has 3 rings (SSSR count). The lowest BCUT2D eigenvalue weighted by Crippen LogP contribution is -2.44. The molecule has 8 nitrogen and oxygen atoms in total. The molecule has 0 saturated carbocycles. The van der Waals surface area contributed by atoms with Crippen molar-refractivity contribution in [1.29, 1.82) is 0 Å². The smallest absolute Gasteiger partial charge is 0.233 e. The van der Waals surface area contributed by atoms with Crippen LogP contribution >= 0.6 is 11.8 Å². The third kappa shape index (κ3) is 4.04. The number of aromatic nitrogens is 4. The summed E-state index contributed by atoms with van der Waals surface area (Å²) in [6, 6.07) is 6.06. The SMILES string of the molecule is Cc1ccc(C)c(-n2nnnc2SCC(=O)N2CCC[C@@H](C(N)=O)C2)c1. The van der Waals surface area contributed by atoms with Crippen molar-refractivity contribution in [3.8, 4) is 5.69 Å². The molecule has 2 amide bonds. The lowest BCUT2D eigenvalue weighted by molar-refractivity contribution is -0.132. The Morgan fingerprint density at radius 3 is 2.92 bits per heavy atom. The van der Waals surface area contributed by atoms with Gasteiger partial charge in [-0.05, 0) is 54.3 Å². The maximum atomic E-state index is 12.5. The lowest BCUT2D eigenvalue weighted by atomic mass is 9.97. The van der Waals surface area contributed by atoms with Gasteiger partial charge in [-0.25, -0.2) is 0 Å². The number of carbonyl (C=O) groups is 2. The summed E-state index contributed by atoms with van der Waals surface area (Å²) in [5.41, 5.74) is 8.44. The van der Waals surface area contributed by atoms with Crippen LogP contribution in [0.3, 0.4) is 0 Å². The average Bonchev–Trinajstić information content (AvgIpc) is 3.10. The predicted octanol–water partition coefficient (Wildman–Crippen LogP) is 1.10. The van der Waals surface area contributed by atoms with Crippen molar-refractivity contribution in [1.82, 2.24) is 25.1 Å². The molecular weight excluding hydrogens is 352 g/mol. The second-order valence-corrected chi connectivity index (χ2v) is 7.48. The van der Waals surface area contributed by atoms with E-state index in [-0.39, 0.29) is 23.5 Å². The van der Waals surface area contributed by atoms with E-state index in [4.69, 9.17) is 5.73 Å². The molecule has 138 valence electrons. The Bertz CT molecular complexity index is 821. The molecule has 1 aromatic heterocycles. The van der Waals surface area contributed by atoms with Gasteiger partial charge in [-0.1, -0.05) is 23.9 Å². The third-order valence-electron chi connectivity index (χ3n) is 4.53. The molecule has 26 heavy (non-hydrogen) atoms. The van der Waals surface area contributed by atoms with E-state index in [0.717, 1.165) is 29.7 Å². The number of likely N-dealkylation sites (tertiary alicyclic amines) is 1. The van der Waals surface area contributed by atoms with Gasteiger partial charge in [-0.3, -0.25) is 9.59 Å². The van der Waals surface area contributed by atoms with Gasteiger partial charge in [0.25, 0.3) is 0 Å². The summed E-state index contributed by atoms with van der Waals surface area (Å²) in [6.07, 6.45) is 1.54. The largest absolute Gasteiger partial charge is 0.369 e. The number of aryl methyl sites for hydroxylation is 2. The van der Waals surface area contributed by atoms with Crippen molar-refractivity contribution in [3.63, 3.8) is 0 Å². The quantitative estimate of drug-likeness (QED) is 0.785. The van der Waals surface area contributed by atoms with Crippen molar-refractivity contribution >= 4 is 23.6 Å². The standard InChI is InChI=1S/C17H22N6O2S/c1-11-5-6-12(2)14(8-11)23-17(19-20-21-23)26-10-15(24)22-7-3-4-13(9-22)16(18)25/h5-6,8,13H,3-4,7,9-10H2,1-2H3,(H2,18,25)/t13-/m1/s1. The monoisotopic (exact) mass is 374 g/mol. The number of thioether (sulfide) groups is 1. The molecule has 1 aliphatic heterocycles. The average molecular weight is 374 g/mol. The summed E-state index contributed by atoms with van der Waals surface area (Å²) in [5.74, 6) is -0.403. The van der Waals surface area contributed by atoms with Gasteiger partial charge in [0.1, 0.15) is 0 Å². The number of piperidine rings is 1. The number of primary amides is 1. The first-order chi connectivity index (χ1) is 12.5. The number of nitrogens with zero attached hydrogens (tertiary/aromatic N) is 5. The van der Waals surface area contributed by atoms with Crippen LogP contribution in [-0.2, 0) is 9.59 Å². The molecule has 0 aliphatic carbocycles. The minimum Gasteiger partial charge on any atom is -0.369 e. The zero-order valence-corrected chi connectivity index (χ0v) is 15.7. The fraction of sp³-hybridized carbons (Fsp3) is 0.471. The van der Waals surface area contributed by atoms with Crippen LogP contribution in [0, 0.1) is 19.8 Å². The third-order valence-corrected chi connectivity index (χ3v) is 5.44. The number of tetrazole rings is 1. The Labute approximate surface area is 156 Å². The van der Waals surface area contributed by atoms with Crippen LogP contribution < -0.4 is 5.73 Å². The topological polar surface area (TPSA) is 107 Å². The highest BCUT2D eigenvalue weighted by Crippen LogP contribution is 2.23. The van der Waals surface area contributed by atoms with Crippen LogP contribution in [0.1, 0.15) is 24.0 Å². The summed E-state index contributed by atoms with van der Waals surface area (Å²) in [6.45, 7) is 5.06. The molecule has 2 N–H and O–H groups in total. The number of hydrogen-bond acceptors (Lipinski definition) is 6. The van der Waals surface area contributed by atoms with Crippen LogP contribution in [0.2, 0.25) is 0 Å². The van der Waals surface area contributed by atoms with Crippen molar-refractivity contribution in [3.05, 3.63) is 29.3 Å². The molecule has 1 fully saturated rings. The second-order valence-electron chi connectivity index (χ2n) is 6.53. The fourth-order valence-corrected chi connectivity index (χ4v) is 3.81. The molecule has 0 bridgehead atoms. The zero-order chi connectivity index (χ0) is 18.7. The Hall–Kier alpha value is -2.42. The van der Waals surface area contributed by atoms with E-state index < -0.39 is 0 Å². The van der Waals surface area contributed by atoms with Gasteiger partial charge < -0.3 is 10.6 Å². The molecule has 9 heteroatoms. The normalized spacial score (nSPS) is 17.3. The van der Waals surface area contributed by atoms with Crippen LogP contribution in [0.15, 0.2) is 23.4 Å². The highest BCUT2D eigenvalue weighted by molar-refractivity contribution is 7.99. The first kappa shape index (κ1) is 18.4. The van der Waals surface area contributed by atoms with Crippen molar-refractivity contribution in [2.45, 2.75) is 31.8 Å². The minimum atomic E-state index is -0.339. The van der Waals surface area contributed by atoms with Gasteiger partial charge in [0.05, 0.1) is 17.4 Å². The zero-order valence-electron chi connectivity index (χ0n) is 14.9. The highest BCUT2D eigenvalue weighted by Gasteiger charge is 2.27. The van der Waals surface area contributed by atoms with E-state index in [9.17, 15) is 9.59 Å². The van der Waals surface area contributed by atoms with E-state index in [1.165, 1.54) is 11.8 Å². The number of amides is 2. The van der Waals surface area contributed by atoms with Gasteiger partial charge in [0.15, 0.2) is 0 Å². The predicted molar refractivity (Wildman–Crippen MR) is 97.9 cm³/mol. The van der Waals surface area contributed by atoms with E-state index in [1.54, 1.807) is 9.58 Å². The minimum absolute atomic E-state index is 0.0311. The molecule has 1 aromatic carbocycles. The summed E-state index contributed by atoms with van der Waals surface area (Å²) >= 11 is 1.29. The van der Waals surface area contributed by atoms with E-state index in [1.807, 2.05) is 32.0 Å². The number of hydrogen-bond donors (Lipinski definition) is 1. The molecule has 1 saturated heterocycles. The molecule has 1 atom stereocenters. The summed E-state index contributed by atoms with van der Waals surface area (Å²) in [4.78, 5) is 25.6. The first-order valence-electron chi connectivity index (χ1n) is 8.51. The van der Waals surface area contributed by atoms with Gasteiger partial charge in [0, 0.05) is 13.1 Å². The van der Waals surface area contributed by atoms with Crippen molar-refractivity contribution in [2.24, 2.45) is 11.7 Å². The summed E-state index contributed by atoms with van der Waals surface area (Å²) in [7, 11) is 0. The highest BCUT2D eigenvalue weighted by atomic mass is 32.2.